The highest BCUT2D eigenvalue weighted by molar-refractivity contribution is 6.04. The summed E-state index contributed by atoms with van der Waals surface area (Å²) in [5.41, 5.74) is 3.25. The van der Waals surface area contributed by atoms with E-state index in [1.807, 2.05) is 37.3 Å². The Morgan fingerprint density at radius 1 is 1.14 bits per heavy atom. The van der Waals surface area contributed by atoms with Crippen molar-refractivity contribution in [3.63, 3.8) is 0 Å². The number of rotatable bonds is 5. The number of anilines is 1. The standard InChI is InChI=1S/C21H21N5O2/c1-4-25-18-8-6-5-7-17(18)22-21(25)26-19(13-14(2)24-26)23-20(27)15-9-11-16(28-3)12-10-15/h5-13H,4H2,1-3H3,(H,23,27). The van der Waals surface area contributed by atoms with Crippen molar-refractivity contribution >= 4 is 22.8 Å². The van der Waals surface area contributed by atoms with Crippen LogP contribution in [0.5, 0.6) is 5.75 Å². The summed E-state index contributed by atoms with van der Waals surface area (Å²) in [6.45, 7) is 4.68. The number of aryl methyl sites for hydroxylation is 2. The Morgan fingerprint density at radius 3 is 2.61 bits per heavy atom. The molecule has 0 spiro atoms. The number of carbonyl (C=O) groups is 1. The Balaban J connectivity index is 1.72. The van der Waals surface area contributed by atoms with Crippen LogP contribution in [-0.2, 0) is 6.54 Å². The molecule has 0 saturated carbocycles. The highest BCUT2D eigenvalue weighted by atomic mass is 16.5. The molecule has 4 rings (SSSR count). The number of amides is 1. The van der Waals surface area contributed by atoms with E-state index in [1.54, 1.807) is 36.1 Å². The van der Waals surface area contributed by atoms with Crippen molar-refractivity contribution < 1.29 is 9.53 Å². The molecule has 0 unspecified atom stereocenters. The van der Waals surface area contributed by atoms with Gasteiger partial charge in [0, 0.05) is 18.2 Å². The van der Waals surface area contributed by atoms with Crippen LogP contribution in [0.15, 0.2) is 54.6 Å². The molecule has 28 heavy (non-hydrogen) atoms. The summed E-state index contributed by atoms with van der Waals surface area (Å²) in [5, 5.41) is 7.50. The number of hydrogen-bond donors (Lipinski definition) is 1. The van der Waals surface area contributed by atoms with Gasteiger partial charge < -0.3 is 14.6 Å². The zero-order chi connectivity index (χ0) is 19.7. The second kappa shape index (κ2) is 7.19. The van der Waals surface area contributed by atoms with E-state index in [1.165, 1.54) is 0 Å². The molecule has 2 heterocycles. The van der Waals surface area contributed by atoms with Gasteiger partial charge in [-0.2, -0.15) is 9.78 Å². The van der Waals surface area contributed by atoms with Crippen molar-refractivity contribution in [3.05, 3.63) is 65.9 Å². The Labute approximate surface area is 162 Å². The maximum absolute atomic E-state index is 12.7. The molecule has 0 fully saturated rings. The van der Waals surface area contributed by atoms with Crippen LogP contribution in [-0.4, -0.2) is 32.3 Å². The molecule has 2 aromatic heterocycles. The second-order valence-electron chi connectivity index (χ2n) is 6.41. The summed E-state index contributed by atoms with van der Waals surface area (Å²) < 4.78 is 8.90. The lowest BCUT2D eigenvalue weighted by Gasteiger charge is -2.10. The highest BCUT2D eigenvalue weighted by Crippen LogP contribution is 2.23. The van der Waals surface area contributed by atoms with Crippen LogP contribution in [0.4, 0.5) is 5.82 Å². The maximum Gasteiger partial charge on any atom is 0.256 e. The number of fused-ring (bicyclic) bond motifs is 1. The molecule has 142 valence electrons. The third-order valence-electron chi connectivity index (χ3n) is 4.57. The lowest BCUT2D eigenvalue weighted by Crippen LogP contribution is -2.17. The fourth-order valence-electron chi connectivity index (χ4n) is 3.21. The molecule has 1 amide bonds. The van der Waals surface area contributed by atoms with Crippen molar-refractivity contribution in [1.29, 1.82) is 0 Å². The number of nitrogens with one attached hydrogen (secondary N) is 1. The fraction of sp³-hybridized carbons (Fsp3) is 0.190. The van der Waals surface area contributed by atoms with Crippen LogP contribution in [0.1, 0.15) is 23.0 Å². The summed E-state index contributed by atoms with van der Waals surface area (Å²) in [6, 6.07) is 16.7. The predicted octanol–water partition coefficient (Wildman–Crippen LogP) is 3.81. The highest BCUT2D eigenvalue weighted by Gasteiger charge is 2.18. The first-order chi connectivity index (χ1) is 13.6. The molecule has 2 aromatic carbocycles. The summed E-state index contributed by atoms with van der Waals surface area (Å²) >= 11 is 0. The van der Waals surface area contributed by atoms with Crippen molar-refractivity contribution in [2.75, 3.05) is 12.4 Å². The van der Waals surface area contributed by atoms with E-state index < -0.39 is 0 Å². The summed E-state index contributed by atoms with van der Waals surface area (Å²) in [6.07, 6.45) is 0. The minimum absolute atomic E-state index is 0.219. The average Bonchev–Trinajstić information content (AvgIpc) is 3.27. The zero-order valence-electron chi connectivity index (χ0n) is 16.0. The topological polar surface area (TPSA) is 74.0 Å². The van der Waals surface area contributed by atoms with Gasteiger partial charge in [0.1, 0.15) is 11.6 Å². The Morgan fingerprint density at radius 2 is 1.89 bits per heavy atom. The minimum Gasteiger partial charge on any atom is -0.497 e. The summed E-state index contributed by atoms with van der Waals surface area (Å²) in [5.74, 6) is 1.72. The largest absolute Gasteiger partial charge is 0.497 e. The van der Waals surface area contributed by atoms with Gasteiger partial charge in [-0.15, -0.1) is 0 Å². The number of ether oxygens (including phenoxy) is 1. The van der Waals surface area contributed by atoms with Gasteiger partial charge in [-0.1, -0.05) is 12.1 Å². The Hall–Kier alpha value is -3.61. The van der Waals surface area contributed by atoms with E-state index in [0.717, 1.165) is 23.3 Å². The average molecular weight is 375 g/mol. The van der Waals surface area contributed by atoms with Gasteiger partial charge in [-0.25, -0.2) is 4.98 Å². The lowest BCUT2D eigenvalue weighted by molar-refractivity contribution is 0.102. The monoisotopic (exact) mass is 375 g/mol. The van der Waals surface area contributed by atoms with Crippen LogP contribution in [0.25, 0.3) is 17.0 Å². The van der Waals surface area contributed by atoms with Gasteiger partial charge in [0.25, 0.3) is 5.91 Å². The van der Waals surface area contributed by atoms with E-state index in [0.29, 0.717) is 23.1 Å². The fourth-order valence-corrected chi connectivity index (χ4v) is 3.21. The van der Waals surface area contributed by atoms with Gasteiger partial charge in [-0.05, 0) is 50.2 Å². The number of imidazole rings is 1. The second-order valence-corrected chi connectivity index (χ2v) is 6.41. The van der Waals surface area contributed by atoms with Gasteiger partial charge in [-0.3, -0.25) is 4.79 Å². The van der Waals surface area contributed by atoms with Crippen LogP contribution in [0.3, 0.4) is 0 Å². The van der Waals surface area contributed by atoms with E-state index in [-0.39, 0.29) is 5.91 Å². The van der Waals surface area contributed by atoms with Crippen molar-refractivity contribution in [2.45, 2.75) is 20.4 Å². The van der Waals surface area contributed by atoms with Gasteiger partial charge in [0.15, 0.2) is 0 Å². The molecule has 0 aliphatic rings. The third kappa shape index (κ3) is 3.11. The molecule has 4 aromatic rings. The molecular weight excluding hydrogens is 354 g/mol. The molecule has 0 saturated heterocycles. The third-order valence-corrected chi connectivity index (χ3v) is 4.57. The van der Waals surface area contributed by atoms with E-state index >= 15 is 0 Å². The lowest BCUT2D eigenvalue weighted by atomic mass is 10.2. The SMILES string of the molecule is CCn1c(-n2nc(C)cc2NC(=O)c2ccc(OC)cc2)nc2ccccc21. The number of carbonyl (C=O) groups excluding carboxylic acids is 1. The van der Waals surface area contributed by atoms with Crippen LogP contribution in [0.2, 0.25) is 0 Å². The number of hydrogen-bond acceptors (Lipinski definition) is 4. The van der Waals surface area contributed by atoms with Crippen molar-refractivity contribution in [3.8, 4) is 11.7 Å². The van der Waals surface area contributed by atoms with Crippen molar-refractivity contribution in [2.24, 2.45) is 0 Å². The molecule has 0 radical (unpaired) electrons. The van der Waals surface area contributed by atoms with Crippen LogP contribution in [0, 0.1) is 6.92 Å². The molecule has 7 nitrogen and oxygen atoms in total. The Bertz CT molecular complexity index is 1140. The summed E-state index contributed by atoms with van der Waals surface area (Å²) in [7, 11) is 1.59. The number of para-hydroxylation sites is 2. The van der Waals surface area contributed by atoms with E-state index in [4.69, 9.17) is 9.72 Å². The molecule has 0 atom stereocenters. The minimum atomic E-state index is -0.219. The first-order valence-electron chi connectivity index (χ1n) is 9.08. The molecule has 1 N–H and O–H groups in total. The number of nitrogens with zero attached hydrogens (tertiary/aromatic N) is 4. The predicted molar refractivity (Wildman–Crippen MR) is 108 cm³/mol. The maximum atomic E-state index is 12.7. The van der Waals surface area contributed by atoms with Gasteiger partial charge in [0.05, 0.1) is 23.8 Å². The number of benzene rings is 2. The quantitative estimate of drug-likeness (QED) is 0.576. The number of methoxy groups -OCH3 is 1. The Kier molecular flexibility index (Phi) is 4.57. The molecule has 7 heteroatoms. The smallest absolute Gasteiger partial charge is 0.256 e. The van der Waals surface area contributed by atoms with Crippen molar-refractivity contribution in [1.82, 2.24) is 19.3 Å². The molecule has 0 aliphatic carbocycles. The molecule has 0 bridgehead atoms. The first-order valence-corrected chi connectivity index (χ1v) is 9.08. The normalized spacial score (nSPS) is 11.0. The van der Waals surface area contributed by atoms with Crippen LogP contribution < -0.4 is 10.1 Å². The van der Waals surface area contributed by atoms with E-state index in [9.17, 15) is 4.79 Å². The number of aromatic nitrogens is 4. The first kappa shape index (κ1) is 17.8. The molecule has 0 aliphatic heterocycles. The van der Waals surface area contributed by atoms with Gasteiger partial charge in [0.2, 0.25) is 5.95 Å². The van der Waals surface area contributed by atoms with Gasteiger partial charge >= 0.3 is 0 Å². The zero-order valence-corrected chi connectivity index (χ0v) is 16.0. The molecular formula is C21H21N5O2. The van der Waals surface area contributed by atoms with Crippen LogP contribution >= 0.6 is 0 Å². The van der Waals surface area contributed by atoms with E-state index in [2.05, 4.69) is 21.9 Å². The summed E-state index contributed by atoms with van der Waals surface area (Å²) in [4.78, 5) is 17.4.